The monoisotopic (exact) mass is 778 g/mol. The first-order valence-electron chi connectivity index (χ1n) is 21.6. The smallest absolute Gasteiger partial charge is 0.0467 e. The maximum Gasteiger partial charge on any atom is 0.0467 e. The molecule has 0 heterocycles. The molecule has 0 saturated heterocycles. The van der Waals surface area contributed by atoms with Crippen molar-refractivity contribution in [3.05, 3.63) is 228 Å². The molecular formula is C58H54N2. The number of hydrogen-bond acceptors (Lipinski definition) is 2. The van der Waals surface area contributed by atoms with Gasteiger partial charge in [-0.25, -0.2) is 0 Å². The third-order valence-corrected chi connectivity index (χ3v) is 12.6. The van der Waals surface area contributed by atoms with Gasteiger partial charge in [0.25, 0.3) is 0 Å². The highest BCUT2D eigenvalue weighted by molar-refractivity contribution is 5.82. The minimum absolute atomic E-state index is 0.000363. The molecule has 0 spiro atoms. The van der Waals surface area contributed by atoms with E-state index in [0.29, 0.717) is 0 Å². The topological polar surface area (TPSA) is 6.48 Å². The summed E-state index contributed by atoms with van der Waals surface area (Å²) in [5, 5.41) is 0. The van der Waals surface area contributed by atoms with Crippen LogP contribution in [-0.2, 0) is 5.41 Å². The maximum absolute atomic E-state index is 2.41. The molecule has 0 amide bonds. The Morgan fingerprint density at radius 1 is 0.300 bits per heavy atom. The van der Waals surface area contributed by atoms with Crippen molar-refractivity contribution < 1.29 is 0 Å². The first kappa shape index (κ1) is 38.9. The Morgan fingerprint density at radius 2 is 0.617 bits per heavy atom. The summed E-state index contributed by atoms with van der Waals surface area (Å²) in [7, 11) is 0. The molecule has 2 nitrogen and oxygen atoms in total. The summed E-state index contributed by atoms with van der Waals surface area (Å²) in [5.74, 6) is 0. The van der Waals surface area contributed by atoms with E-state index in [1.807, 2.05) is 0 Å². The Morgan fingerprint density at radius 3 is 0.933 bits per heavy atom. The van der Waals surface area contributed by atoms with Gasteiger partial charge in [0.2, 0.25) is 0 Å². The van der Waals surface area contributed by atoms with Crippen molar-refractivity contribution in [1.82, 2.24) is 0 Å². The fourth-order valence-electron chi connectivity index (χ4n) is 9.18. The Kier molecular flexibility index (Phi) is 11.0. The fourth-order valence-corrected chi connectivity index (χ4v) is 9.18. The summed E-state index contributed by atoms with van der Waals surface area (Å²) >= 11 is 0. The van der Waals surface area contributed by atoms with Crippen molar-refractivity contribution >= 4 is 34.1 Å². The quantitative estimate of drug-likeness (QED) is 0.136. The number of benzene rings is 8. The summed E-state index contributed by atoms with van der Waals surface area (Å²) in [6.45, 7) is 8.57. The van der Waals surface area contributed by atoms with E-state index < -0.39 is 0 Å². The lowest BCUT2D eigenvalue weighted by Crippen LogP contribution is -2.30. The molecule has 8 aromatic carbocycles. The van der Waals surface area contributed by atoms with Crippen molar-refractivity contribution in [2.45, 2.75) is 65.2 Å². The maximum atomic E-state index is 2.41. The van der Waals surface area contributed by atoms with Gasteiger partial charge in [0.15, 0.2) is 0 Å². The average Bonchev–Trinajstić information content (AvgIpc) is 3.30. The second-order valence-corrected chi connectivity index (χ2v) is 16.9. The van der Waals surface area contributed by atoms with Gasteiger partial charge in [0.05, 0.1) is 0 Å². The third-order valence-electron chi connectivity index (χ3n) is 12.6. The van der Waals surface area contributed by atoms with Crippen molar-refractivity contribution in [3.63, 3.8) is 0 Å². The van der Waals surface area contributed by atoms with Gasteiger partial charge in [0.1, 0.15) is 0 Å². The molecule has 2 heteroatoms. The molecule has 1 fully saturated rings. The molecular weight excluding hydrogens is 725 g/mol. The number of anilines is 6. The van der Waals surface area contributed by atoms with Crippen molar-refractivity contribution in [1.29, 1.82) is 0 Å². The van der Waals surface area contributed by atoms with Crippen LogP contribution in [-0.4, -0.2) is 0 Å². The van der Waals surface area contributed by atoms with Gasteiger partial charge in [-0.3, -0.25) is 0 Å². The average molecular weight is 779 g/mol. The van der Waals surface area contributed by atoms with Crippen LogP contribution in [0.3, 0.4) is 0 Å². The molecule has 0 aliphatic heterocycles. The minimum Gasteiger partial charge on any atom is -0.310 e. The van der Waals surface area contributed by atoms with Crippen LogP contribution in [0, 0.1) is 27.7 Å². The van der Waals surface area contributed by atoms with E-state index in [2.05, 4.69) is 232 Å². The summed E-state index contributed by atoms with van der Waals surface area (Å²) in [5.41, 5.74) is 19.7. The molecule has 296 valence electrons. The SMILES string of the molecule is Cc1ccc(N(c2ccc(C)cc2)c2cccc(-c3ccc(C4(c5ccc(-c6cccc(N(c7ccc(C)cc7)c7ccc(C)cc7)c6)cc5)CCCCC4)cc3)c2)cc1. The third kappa shape index (κ3) is 8.03. The van der Waals surface area contributed by atoms with Gasteiger partial charge in [0, 0.05) is 39.5 Å². The van der Waals surface area contributed by atoms with E-state index >= 15 is 0 Å². The molecule has 60 heavy (non-hydrogen) atoms. The Labute approximate surface area is 357 Å². The molecule has 1 aliphatic carbocycles. The van der Waals surface area contributed by atoms with Crippen LogP contribution >= 0.6 is 0 Å². The second-order valence-electron chi connectivity index (χ2n) is 16.9. The molecule has 0 N–H and O–H groups in total. The van der Waals surface area contributed by atoms with E-state index in [-0.39, 0.29) is 5.41 Å². The number of nitrogens with zero attached hydrogens (tertiary/aromatic N) is 2. The number of rotatable bonds is 10. The van der Waals surface area contributed by atoms with Crippen LogP contribution in [0.25, 0.3) is 22.3 Å². The Bertz CT molecular complexity index is 2390. The van der Waals surface area contributed by atoms with Crippen LogP contribution in [0.4, 0.5) is 34.1 Å². The summed E-state index contributed by atoms with van der Waals surface area (Å²) < 4.78 is 0. The lowest BCUT2D eigenvalue weighted by Gasteiger charge is -2.39. The standard InChI is InChI=1S/C58H54N2/c1-42-14-30-52(31-15-42)59(53-32-16-43(2)17-33-53)56-12-8-10-48(40-56)46-22-26-50(27-23-46)58(38-6-5-7-39-58)51-28-24-47(25-29-51)49-11-9-13-57(41-49)60(54-34-18-44(3)19-35-54)55-36-20-45(4)21-37-55/h8-37,40-41H,5-7,38-39H2,1-4H3. The van der Waals surface area contributed by atoms with Gasteiger partial charge in [-0.05, 0) is 147 Å². The zero-order valence-electron chi connectivity index (χ0n) is 35.4. The molecule has 0 atom stereocenters. The lowest BCUT2D eigenvalue weighted by atomic mass is 9.65. The van der Waals surface area contributed by atoms with Crippen LogP contribution < -0.4 is 9.80 Å². The van der Waals surface area contributed by atoms with Crippen LogP contribution in [0.15, 0.2) is 194 Å². The second kappa shape index (κ2) is 16.9. The molecule has 8 aromatic rings. The van der Waals surface area contributed by atoms with Crippen LogP contribution in [0.5, 0.6) is 0 Å². The molecule has 0 aromatic heterocycles. The Hall–Kier alpha value is -6.64. The minimum atomic E-state index is 0.000363. The highest BCUT2D eigenvalue weighted by Crippen LogP contribution is 2.46. The molecule has 1 aliphatic rings. The van der Waals surface area contributed by atoms with Crippen molar-refractivity contribution in [3.8, 4) is 22.3 Å². The zero-order chi connectivity index (χ0) is 41.1. The van der Waals surface area contributed by atoms with Crippen molar-refractivity contribution in [2.24, 2.45) is 0 Å². The normalized spacial score (nSPS) is 13.5. The van der Waals surface area contributed by atoms with E-state index in [0.717, 1.165) is 34.1 Å². The first-order chi connectivity index (χ1) is 29.3. The van der Waals surface area contributed by atoms with E-state index in [1.54, 1.807) is 0 Å². The van der Waals surface area contributed by atoms with Gasteiger partial charge in [-0.2, -0.15) is 0 Å². The molecule has 0 unspecified atom stereocenters. The van der Waals surface area contributed by atoms with Gasteiger partial charge in [-0.1, -0.05) is 163 Å². The summed E-state index contributed by atoms with van der Waals surface area (Å²) in [6.07, 6.45) is 6.13. The predicted octanol–water partition coefficient (Wildman–Crippen LogP) is 16.4. The first-order valence-corrected chi connectivity index (χ1v) is 21.6. The lowest BCUT2D eigenvalue weighted by molar-refractivity contribution is 0.346. The van der Waals surface area contributed by atoms with E-state index in [9.17, 15) is 0 Å². The summed E-state index contributed by atoms with van der Waals surface area (Å²) in [4.78, 5) is 4.72. The number of hydrogen-bond donors (Lipinski definition) is 0. The largest absolute Gasteiger partial charge is 0.310 e. The zero-order valence-corrected chi connectivity index (χ0v) is 35.4. The molecule has 0 radical (unpaired) electrons. The Balaban J connectivity index is 1.01. The van der Waals surface area contributed by atoms with Crippen molar-refractivity contribution in [2.75, 3.05) is 9.80 Å². The summed E-state index contributed by atoms with van der Waals surface area (Å²) in [6, 6.07) is 72.3. The molecule has 9 rings (SSSR count). The van der Waals surface area contributed by atoms with Gasteiger partial charge < -0.3 is 9.80 Å². The van der Waals surface area contributed by atoms with Crippen LogP contribution in [0.2, 0.25) is 0 Å². The van der Waals surface area contributed by atoms with E-state index in [1.165, 1.54) is 87.7 Å². The highest BCUT2D eigenvalue weighted by atomic mass is 15.1. The molecule has 1 saturated carbocycles. The fraction of sp³-hybridized carbons (Fsp3) is 0.172. The highest BCUT2D eigenvalue weighted by Gasteiger charge is 2.35. The van der Waals surface area contributed by atoms with E-state index in [4.69, 9.17) is 0 Å². The van der Waals surface area contributed by atoms with Gasteiger partial charge in [-0.15, -0.1) is 0 Å². The van der Waals surface area contributed by atoms with Gasteiger partial charge >= 0.3 is 0 Å². The number of aryl methyl sites for hydroxylation is 4. The predicted molar refractivity (Wildman–Crippen MR) is 256 cm³/mol. The van der Waals surface area contributed by atoms with Crippen LogP contribution in [0.1, 0.15) is 65.5 Å². The molecule has 0 bridgehead atoms.